The van der Waals surface area contributed by atoms with Gasteiger partial charge in [-0.2, -0.15) is 5.26 Å². The summed E-state index contributed by atoms with van der Waals surface area (Å²) in [5.41, 5.74) is 1.18. The molecule has 0 bridgehead atoms. The first-order chi connectivity index (χ1) is 14.6. The number of hydrogen-bond donors (Lipinski definition) is 1. The van der Waals surface area contributed by atoms with E-state index in [0.29, 0.717) is 17.5 Å². The van der Waals surface area contributed by atoms with Crippen LogP contribution in [-0.2, 0) is 11.3 Å². The average Bonchev–Trinajstić information content (AvgIpc) is 3.56. The highest BCUT2D eigenvalue weighted by molar-refractivity contribution is 7.99. The zero-order chi connectivity index (χ0) is 21.0. The van der Waals surface area contributed by atoms with Crippen molar-refractivity contribution in [2.75, 3.05) is 5.75 Å². The number of nitrogens with zero attached hydrogens (tertiary/aromatic N) is 5. The minimum Gasteiger partial charge on any atom is -0.337 e. The van der Waals surface area contributed by atoms with Gasteiger partial charge in [0.2, 0.25) is 5.91 Å². The molecule has 8 heteroatoms. The molecule has 7 nitrogen and oxygen atoms in total. The number of nitrogens with one attached hydrogen (secondary N) is 1. The minimum atomic E-state index is -0.795. The van der Waals surface area contributed by atoms with Gasteiger partial charge in [-0.3, -0.25) is 14.3 Å². The van der Waals surface area contributed by atoms with E-state index in [4.69, 9.17) is 0 Å². The Morgan fingerprint density at radius 1 is 1.27 bits per heavy atom. The molecule has 1 amide bonds. The molecule has 0 unspecified atom stereocenters. The normalized spacial score (nSPS) is 15.2. The van der Waals surface area contributed by atoms with Crippen LogP contribution in [0.2, 0.25) is 0 Å². The summed E-state index contributed by atoms with van der Waals surface area (Å²) in [7, 11) is 0. The Hall–Kier alpha value is -3.18. The Morgan fingerprint density at radius 3 is 2.73 bits per heavy atom. The third kappa shape index (κ3) is 4.52. The van der Waals surface area contributed by atoms with Gasteiger partial charge in [-0.15, -0.1) is 10.2 Å². The predicted octanol–water partition coefficient (Wildman–Crippen LogP) is 3.29. The molecule has 1 aliphatic carbocycles. The topological polar surface area (TPSA) is 96.5 Å². The van der Waals surface area contributed by atoms with Gasteiger partial charge in [0, 0.05) is 18.0 Å². The molecule has 0 spiro atoms. The number of benzene rings is 1. The van der Waals surface area contributed by atoms with Crippen molar-refractivity contribution in [1.29, 1.82) is 5.26 Å². The highest BCUT2D eigenvalue weighted by atomic mass is 32.2. The van der Waals surface area contributed by atoms with Crippen LogP contribution in [-0.4, -0.2) is 36.9 Å². The van der Waals surface area contributed by atoms with Crippen molar-refractivity contribution in [2.24, 2.45) is 5.92 Å². The minimum absolute atomic E-state index is 0.171. The van der Waals surface area contributed by atoms with Gasteiger partial charge in [-0.05, 0) is 43.4 Å². The summed E-state index contributed by atoms with van der Waals surface area (Å²) in [6, 6.07) is 16.1. The maximum absolute atomic E-state index is 12.5. The lowest BCUT2D eigenvalue weighted by molar-refractivity contribution is -0.119. The van der Waals surface area contributed by atoms with Crippen molar-refractivity contribution < 1.29 is 4.79 Å². The molecule has 1 saturated carbocycles. The largest absolute Gasteiger partial charge is 0.337 e. The maximum atomic E-state index is 12.5. The summed E-state index contributed by atoms with van der Waals surface area (Å²) in [5.74, 6) is 0.947. The number of thioether (sulfide) groups is 1. The van der Waals surface area contributed by atoms with E-state index < -0.39 is 5.54 Å². The fourth-order valence-electron chi connectivity index (χ4n) is 3.35. The van der Waals surface area contributed by atoms with E-state index in [2.05, 4.69) is 26.6 Å². The molecule has 152 valence electrons. The van der Waals surface area contributed by atoms with E-state index in [1.165, 1.54) is 11.8 Å². The number of aromatic nitrogens is 4. The Balaban J connectivity index is 1.53. The van der Waals surface area contributed by atoms with Gasteiger partial charge in [0.25, 0.3) is 0 Å². The summed E-state index contributed by atoms with van der Waals surface area (Å²) in [5, 5.41) is 21.7. The Labute approximate surface area is 179 Å². The third-order valence-corrected chi connectivity index (χ3v) is 6.14. The summed E-state index contributed by atoms with van der Waals surface area (Å²) < 4.78 is 1.99. The third-order valence-electron chi connectivity index (χ3n) is 5.18. The van der Waals surface area contributed by atoms with Crippen LogP contribution >= 0.6 is 11.8 Å². The van der Waals surface area contributed by atoms with Crippen molar-refractivity contribution in [3.63, 3.8) is 0 Å². The highest BCUT2D eigenvalue weighted by Crippen LogP contribution is 2.39. The van der Waals surface area contributed by atoms with Crippen LogP contribution in [0.25, 0.3) is 11.4 Å². The molecule has 1 atom stereocenters. The summed E-state index contributed by atoms with van der Waals surface area (Å²) in [6.45, 7) is 2.38. The van der Waals surface area contributed by atoms with Crippen LogP contribution in [0.3, 0.4) is 0 Å². The molecule has 3 aromatic rings. The van der Waals surface area contributed by atoms with Crippen LogP contribution in [0.15, 0.2) is 60.0 Å². The molecule has 1 aromatic carbocycles. The standard InChI is InChI=1S/C22H22N6OS/c1-22(15-23,18-9-10-18)25-19(29)14-30-21-27-26-20(17-8-5-11-24-12-17)28(21)13-16-6-3-2-4-7-16/h2-8,11-12,18H,9-10,13-14H2,1H3,(H,25,29)/t22-/m0/s1. The molecule has 0 radical (unpaired) electrons. The fraction of sp³-hybridized carbons (Fsp3) is 0.318. The molecule has 0 saturated heterocycles. The second-order valence-electron chi connectivity index (χ2n) is 7.54. The lowest BCUT2D eigenvalue weighted by Gasteiger charge is -2.22. The van der Waals surface area contributed by atoms with Crippen LogP contribution in [0.4, 0.5) is 0 Å². The van der Waals surface area contributed by atoms with Gasteiger partial charge in [0.1, 0.15) is 5.54 Å². The number of nitriles is 1. The molecule has 1 N–H and O–H groups in total. The Bertz CT molecular complexity index is 1060. The van der Waals surface area contributed by atoms with Crippen molar-refractivity contribution in [1.82, 2.24) is 25.1 Å². The van der Waals surface area contributed by atoms with Crippen LogP contribution in [0.1, 0.15) is 25.3 Å². The van der Waals surface area contributed by atoms with E-state index in [9.17, 15) is 10.1 Å². The van der Waals surface area contributed by atoms with Crippen molar-refractivity contribution in [2.45, 2.75) is 37.0 Å². The maximum Gasteiger partial charge on any atom is 0.231 e. The zero-order valence-electron chi connectivity index (χ0n) is 16.7. The summed E-state index contributed by atoms with van der Waals surface area (Å²) in [6.07, 6.45) is 5.43. The van der Waals surface area contributed by atoms with E-state index in [1.54, 1.807) is 19.3 Å². The smallest absolute Gasteiger partial charge is 0.231 e. The quantitative estimate of drug-likeness (QED) is 0.564. The zero-order valence-corrected chi connectivity index (χ0v) is 17.5. The lowest BCUT2D eigenvalue weighted by atomic mass is 9.98. The number of carbonyl (C=O) groups is 1. The van der Waals surface area contributed by atoms with Crippen molar-refractivity contribution in [3.05, 3.63) is 60.4 Å². The number of amides is 1. The molecule has 4 rings (SSSR count). The number of hydrogen-bond acceptors (Lipinski definition) is 6. The SMILES string of the molecule is C[C@@](C#N)(NC(=O)CSc1nnc(-c2cccnc2)n1Cc1ccccc1)C1CC1. The Morgan fingerprint density at radius 2 is 2.07 bits per heavy atom. The van der Waals surface area contributed by atoms with Crippen LogP contribution in [0.5, 0.6) is 0 Å². The van der Waals surface area contributed by atoms with Crippen LogP contribution < -0.4 is 5.32 Å². The van der Waals surface area contributed by atoms with Gasteiger partial charge in [0.05, 0.1) is 18.4 Å². The van der Waals surface area contributed by atoms with Crippen LogP contribution in [0, 0.1) is 17.2 Å². The highest BCUT2D eigenvalue weighted by Gasteiger charge is 2.43. The molecule has 2 aromatic heterocycles. The average molecular weight is 419 g/mol. The lowest BCUT2D eigenvalue weighted by Crippen LogP contribution is -2.47. The molecule has 2 heterocycles. The van der Waals surface area contributed by atoms with Gasteiger partial charge < -0.3 is 5.32 Å². The molecule has 1 aliphatic rings. The van der Waals surface area contributed by atoms with E-state index in [1.807, 2.05) is 47.0 Å². The second kappa shape index (κ2) is 8.67. The van der Waals surface area contributed by atoms with E-state index >= 15 is 0 Å². The van der Waals surface area contributed by atoms with Crippen molar-refractivity contribution in [3.8, 4) is 17.5 Å². The molecular formula is C22H22N6OS. The van der Waals surface area contributed by atoms with Gasteiger partial charge >= 0.3 is 0 Å². The number of pyridine rings is 1. The van der Waals surface area contributed by atoms with Gasteiger partial charge in [-0.25, -0.2) is 0 Å². The predicted molar refractivity (Wildman–Crippen MR) is 114 cm³/mol. The molecule has 30 heavy (non-hydrogen) atoms. The molecule has 1 fully saturated rings. The first-order valence-electron chi connectivity index (χ1n) is 9.81. The second-order valence-corrected chi connectivity index (χ2v) is 8.49. The first-order valence-corrected chi connectivity index (χ1v) is 10.8. The monoisotopic (exact) mass is 418 g/mol. The van der Waals surface area contributed by atoms with E-state index in [-0.39, 0.29) is 17.6 Å². The summed E-state index contributed by atoms with van der Waals surface area (Å²) in [4.78, 5) is 16.7. The summed E-state index contributed by atoms with van der Waals surface area (Å²) >= 11 is 1.32. The van der Waals surface area contributed by atoms with E-state index in [0.717, 1.165) is 24.0 Å². The molecule has 0 aliphatic heterocycles. The van der Waals surface area contributed by atoms with Gasteiger partial charge in [-0.1, -0.05) is 42.1 Å². The van der Waals surface area contributed by atoms with Gasteiger partial charge in [0.15, 0.2) is 11.0 Å². The number of carbonyl (C=O) groups excluding carboxylic acids is 1. The van der Waals surface area contributed by atoms with Crippen molar-refractivity contribution >= 4 is 17.7 Å². The molecular weight excluding hydrogens is 396 g/mol. The Kier molecular flexibility index (Phi) is 5.81. The number of rotatable bonds is 8. The first kappa shape index (κ1) is 20.1. The fourth-order valence-corrected chi connectivity index (χ4v) is 4.09.